The third kappa shape index (κ3) is 4.86. The van der Waals surface area contributed by atoms with E-state index in [-0.39, 0.29) is 5.91 Å². The number of aromatic amines is 1. The maximum atomic E-state index is 12.3. The van der Waals surface area contributed by atoms with Gasteiger partial charge in [0.15, 0.2) is 0 Å². The molecule has 0 saturated carbocycles. The fourth-order valence-electron chi connectivity index (χ4n) is 2.66. The second kappa shape index (κ2) is 9.40. The number of aldehydes is 1. The monoisotopic (exact) mass is 376 g/mol. The number of aromatic nitrogens is 1. The molecule has 8 heteroatoms. The summed E-state index contributed by atoms with van der Waals surface area (Å²) in [5, 5.41) is 9.12. The maximum Gasteiger partial charge on any atom is 0.242 e. The number of carbonyl (C=O) groups is 3. The molecule has 2 aromatic rings. The van der Waals surface area contributed by atoms with E-state index < -0.39 is 24.0 Å². The third-order valence-corrected chi connectivity index (χ3v) is 4.57. The van der Waals surface area contributed by atoms with Crippen LogP contribution >= 0.6 is 12.6 Å². The molecule has 0 aliphatic heterocycles. The predicted octanol–water partition coefficient (Wildman–Crippen LogP) is 0.417. The van der Waals surface area contributed by atoms with E-state index in [1.807, 2.05) is 30.5 Å². The lowest BCUT2D eigenvalue weighted by Gasteiger charge is -2.20. The fourth-order valence-corrected chi connectivity index (χ4v) is 3.01. The summed E-state index contributed by atoms with van der Waals surface area (Å²) in [6.07, 6.45) is 2.91. The van der Waals surface area contributed by atoms with Crippen molar-refractivity contribution in [1.29, 1.82) is 0 Å². The Morgan fingerprint density at radius 3 is 2.62 bits per heavy atom. The van der Waals surface area contributed by atoms with Crippen LogP contribution in [0, 0.1) is 0 Å². The van der Waals surface area contributed by atoms with Crippen LogP contribution in [-0.2, 0) is 20.8 Å². The Morgan fingerprint density at radius 2 is 1.96 bits per heavy atom. The number of likely N-dealkylation sites (N-methyl/N-ethyl adjacent to an activating group) is 1. The summed E-state index contributed by atoms with van der Waals surface area (Å²) < 4.78 is 0. The standard InChI is InChI=1S/C18H24N4O3S/c1-11(21-18(25)16(10-26)19-2)17(24)22-13(9-23)7-12-8-20-15-6-4-3-5-14(12)15/h3-6,8-9,11,13,16,19-20,26H,7,10H2,1-2H3,(H,21,25)(H,22,24)/t11-,13-,16-/m0/s1. The molecule has 0 spiro atoms. The fraction of sp³-hybridized carbons (Fsp3) is 0.389. The maximum absolute atomic E-state index is 12.3. The molecule has 2 rings (SSSR count). The number of para-hydroxylation sites is 1. The van der Waals surface area contributed by atoms with Crippen molar-refractivity contribution in [3.8, 4) is 0 Å². The van der Waals surface area contributed by atoms with E-state index in [0.29, 0.717) is 18.5 Å². The smallest absolute Gasteiger partial charge is 0.242 e. The van der Waals surface area contributed by atoms with Crippen LogP contribution in [0.15, 0.2) is 30.5 Å². The molecule has 1 aromatic carbocycles. The molecule has 2 amide bonds. The van der Waals surface area contributed by atoms with Crippen LogP contribution < -0.4 is 16.0 Å². The van der Waals surface area contributed by atoms with Crippen molar-refractivity contribution in [2.24, 2.45) is 0 Å². The molecule has 1 heterocycles. The van der Waals surface area contributed by atoms with Gasteiger partial charge in [0.05, 0.1) is 12.1 Å². The quantitative estimate of drug-likeness (QED) is 0.323. The summed E-state index contributed by atoms with van der Waals surface area (Å²) in [7, 11) is 1.65. The van der Waals surface area contributed by atoms with Gasteiger partial charge in [-0.15, -0.1) is 0 Å². The highest BCUT2D eigenvalue weighted by Crippen LogP contribution is 2.18. The first kappa shape index (κ1) is 20.0. The first-order valence-corrected chi connectivity index (χ1v) is 9.02. The lowest BCUT2D eigenvalue weighted by molar-refractivity contribution is -0.130. The second-order valence-corrected chi connectivity index (χ2v) is 6.43. The lowest BCUT2D eigenvalue weighted by atomic mass is 10.1. The molecule has 140 valence electrons. The number of amides is 2. The highest BCUT2D eigenvalue weighted by molar-refractivity contribution is 7.80. The highest BCUT2D eigenvalue weighted by Gasteiger charge is 2.23. The third-order valence-electron chi connectivity index (χ3n) is 4.21. The average molecular weight is 376 g/mol. The number of fused-ring (bicyclic) bond motifs is 1. The SMILES string of the molecule is CN[C@@H](CS)C(=O)N[C@@H](C)C(=O)N[C@H](C=O)Cc1c[nH]c2ccccc12. The number of carbonyl (C=O) groups excluding carboxylic acids is 3. The molecule has 3 atom stereocenters. The number of H-pyrrole nitrogens is 1. The van der Waals surface area contributed by atoms with Crippen LogP contribution in [0.2, 0.25) is 0 Å². The first-order valence-electron chi connectivity index (χ1n) is 8.39. The molecular formula is C18H24N4O3S. The number of hydrogen-bond donors (Lipinski definition) is 5. The summed E-state index contributed by atoms with van der Waals surface area (Å²) in [5.41, 5.74) is 1.92. The van der Waals surface area contributed by atoms with E-state index in [0.717, 1.165) is 16.5 Å². The molecule has 0 bridgehead atoms. The second-order valence-electron chi connectivity index (χ2n) is 6.07. The van der Waals surface area contributed by atoms with E-state index in [1.165, 1.54) is 0 Å². The van der Waals surface area contributed by atoms with Gasteiger partial charge in [0.2, 0.25) is 11.8 Å². The Kier molecular flexibility index (Phi) is 7.23. The Balaban J connectivity index is 1.97. The molecule has 7 nitrogen and oxygen atoms in total. The number of hydrogen-bond acceptors (Lipinski definition) is 5. The topological polar surface area (TPSA) is 103 Å². The molecular weight excluding hydrogens is 352 g/mol. The van der Waals surface area contributed by atoms with Crippen LogP contribution in [-0.4, -0.2) is 54.0 Å². The summed E-state index contributed by atoms with van der Waals surface area (Å²) in [5.74, 6) is -0.414. The normalized spacial score (nSPS) is 14.4. The summed E-state index contributed by atoms with van der Waals surface area (Å²) in [4.78, 5) is 38.9. The molecule has 0 radical (unpaired) electrons. The Hall–Kier alpha value is -2.32. The lowest BCUT2D eigenvalue weighted by Crippen LogP contribution is -2.53. The number of nitrogens with one attached hydrogen (secondary N) is 4. The van der Waals surface area contributed by atoms with Gasteiger partial charge in [0.25, 0.3) is 0 Å². The van der Waals surface area contributed by atoms with Crippen molar-refractivity contribution < 1.29 is 14.4 Å². The Labute approximate surface area is 157 Å². The van der Waals surface area contributed by atoms with Gasteiger partial charge < -0.3 is 25.7 Å². The van der Waals surface area contributed by atoms with E-state index in [4.69, 9.17) is 0 Å². The van der Waals surface area contributed by atoms with Gasteiger partial charge in [-0.2, -0.15) is 12.6 Å². The molecule has 0 fully saturated rings. The van der Waals surface area contributed by atoms with Crippen LogP contribution in [0.5, 0.6) is 0 Å². The Bertz CT molecular complexity index is 773. The number of benzene rings is 1. The zero-order chi connectivity index (χ0) is 19.1. The Morgan fingerprint density at radius 1 is 1.23 bits per heavy atom. The molecule has 0 unspecified atom stereocenters. The largest absolute Gasteiger partial charge is 0.361 e. The van der Waals surface area contributed by atoms with Crippen LogP contribution in [0.25, 0.3) is 10.9 Å². The van der Waals surface area contributed by atoms with Crippen LogP contribution in [0.4, 0.5) is 0 Å². The van der Waals surface area contributed by atoms with Crippen LogP contribution in [0.1, 0.15) is 12.5 Å². The number of rotatable bonds is 9. The van der Waals surface area contributed by atoms with Crippen molar-refractivity contribution in [2.45, 2.75) is 31.5 Å². The molecule has 4 N–H and O–H groups in total. The van der Waals surface area contributed by atoms with Gasteiger partial charge in [-0.05, 0) is 25.6 Å². The van der Waals surface area contributed by atoms with Crippen molar-refractivity contribution in [3.05, 3.63) is 36.0 Å². The van der Waals surface area contributed by atoms with Gasteiger partial charge in [-0.25, -0.2) is 0 Å². The summed E-state index contributed by atoms with van der Waals surface area (Å²) in [6, 6.07) is 5.84. The van der Waals surface area contributed by atoms with Gasteiger partial charge in [0.1, 0.15) is 12.3 Å². The van der Waals surface area contributed by atoms with E-state index >= 15 is 0 Å². The summed E-state index contributed by atoms with van der Waals surface area (Å²) in [6.45, 7) is 1.58. The zero-order valence-electron chi connectivity index (χ0n) is 14.8. The molecule has 1 aromatic heterocycles. The van der Waals surface area contributed by atoms with Crippen molar-refractivity contribution in [3.63, 3.8) is 0 Å². The minimum atomic E-state index is -0.761. The highest BCUT2D eigenvalue weighted by atomic mass is 32.1. The average Bonchev–Trinajstić information content (AvgIpc) is 3.05. The molecule has 0 aliphatic carbocycles. The van der Waals surface area contributed by atoms with Gasteiger partial charge in [0, 0.05) is 29.3 Å². The first-order chi connectivity index (χ1) is 12.5. The van der Waals surface area contributed by atoms with Crippen molar-refractivity contribution >= 4 is 41.6 Å². The van der Waals surface area contributed by atoms with Crippen LogP contribution in [0.3, 0.4) is 0 Å². The van der Waals surface area contributed by atoms with Crippen molar-refractivity contribution in [2.75, 3.05) is 12.8 Å². The summed E-state index contributed by atoms with van der Waals surface area (Å²) >= 11 is 4.09. The molecule has 0 saturated heterocycles. The van der Waals surface area contributed by atoms with E-state index in [1.54, 1.807) is 14.0 Å². The predicted molar refractivity (Wildman–Crippen MR) is 104 cm³/mol. The molecule has 26 heavy (non-hydrogen) atoms. The zero-order valence-corrected chi connectivity index (χ0v) is 15.7. The number of thiol groups is 1. The van der Waals surface area contributed by atoms with E-state index in [2.05, 4.69) is 33.6 Å². The molecule has 0 aliphatic rings. The van der Waals surface area contributed by atoms with Gasteiger partial charge in [-0.3, -0.25) is 9.59 Å². The van der Waals surface area contributed by atoms with Gasteiger partial charge in [-0.1, -0.05) is 18.2 Å². The van der Waals surface area contributed by atoms with Gasteiger partial charge >= 0.3 is 0 Å². The minimum Gasteiger partial charge on any atom is -0.361 e. The van der Waals surface area contributed by atoms with E-state index in [9.17, 15) is 14.4 Å². The van der Waals surface area contributed by atoms with Crippen molar-refractivity contribution in [1.82, 2.24) is 20.9 Å². The minimum absolute atomic E-state index is 0.314.